The van der Waals surface area contributed by atoms with E-state index in [9.17, 15) is 13.2 Å². The SMILES string of the molecule is COc1ccc(C(=O)N/N=C\c2ccc(CN(Cc3ccc(Cl)cc3)S(=O)(=O)c3ccc(C)cc3)o2)cc1. The third kappa shape index (κ3) is 6.89. The zero-order valence-electron chi connectivity index (χ0n) is 20.8. The molecule has 3 aromatic carbocycles. The van der Waals surface area contributed by atoms with E-state index in [0.29, 0.717) is 27.9 Å². The summed E-state index contributed by atoms with van der Waals surface area (Å²) in [5, 5.41) is 4.51. The Labute approximate surface area is 226 Å². The first-order valence-corrected chi connectivity index (χ1v) is 13.4. The standard InChI is InChI=1S/C28H26ClN3O5S/c1-20-3-15-27(16-4-20)38(34,35)32(18-21-5-9-23(29)10-6-21)19-26-14-13-25(37-26)17-30-31-28(33)22-7-11-24(36-2)12-8-22/h3-17H,18-19H2,1-2H3,(H,31,33)/b30-17-. The van der Waals surface area contributed by atoms with Crippen LogP contribution in [0, 0.1) is 6.92 Å². The van der Waals surface area contributed by atoms with Crippen molar-refractivity contribution in [2.45, 2.75) is 24.9 Å². The summed E-state index contributed by atoms with van der Waals surface area (Å²) >= 11 is 6.00. The first kappa shape index (κ1) is 27.1. The number of hydrogen-bond acceptors (Lipinski definition) is 6. The van der Waals surface area contributed by atoms with E-state index in [1.807, 2.05) is 6.92 Å². The highest BCUT2D eigenvalue weighted by Gasteiger charge is 2.26. The highest BCUT2D eigenvalue weighted by Crippen LogP contribution is 2.23. The van der Waals surface area contributed by atoms with Crippen molar-refractivity contribution >= 4 is 33.7 Å². The second kappa shape index (κ2) is 12.1. The van der Waals surface area contributed by atoms with Crippen molar-refractivity contribution in [3.8, 4) is 5.75 Å². The topological polar surface area (TPSA) is 101 Å². The number of methoxy groups -OCH3 is 1. The molecule has 10 heteroatoms. The van der Waals surface area contributed by atoms with Gasteiger partial charge in [-0.3, -0.25) is 4.79 Å². The van der Waals surface area contributed by atoms with Gasteiger partial charge in [0.1, 0.15) is 17.3 Å². The summed E-state index contributed by atoms with van der Waals surface area (Å²) in [5.74, 6) is 1.02. The van der Waals surface area contributed by atoms with E-state index in [1.54, 1.807) is 92.0 Å². The fourth-order valence-electron chi connectivity index (χ4n) is 3.56. The number of ether oxygens (including phenoxy) is 1. The zero-order chi connectivity index (χ0) is 27.1. The number of carbonyl (C=O) groups is 1. The third-order valence-corrected chi connectivity index (χ3v) is 7.71. The summed E-state index contributed by atoms with van der Waals surface area (Å²) in [6.45, 7) is 2.01. The second-order valence-electron chi connectivity index (χ2n) is 8.44. The normalized spacial score (nSPS) is 11.7. The number of nitrogens with zero attached hydrogens (tertiary/aromatic N) is 2. The predicted octanol–water partition coefficient (Wildman–Crippen LogP) is 5.41. The van der Waals surface area contributed by atoms with Gasteiger partial charge in [0, 0.05) is 17.1 Å². The summed E-state index contributed by atoms with van der Waals surface area (Å²) < 4.78 is 39.3. The molecule has 1 heterocycles. The second-order valence-corrected chi connectivity index (χ2v) is 10.8. The number of hydrogen-bond donors (Lipinski definition) is 1. The summed E-state index contributed by atoms with van der Waals surface area (Å²) in [6.07, 6.45) is 1.35. The molecule has 0 spiro atoms. The Balaban J connectivity index is 1.48. The van der Waals surface area contributed by atoms with Gasteiger partial charge in [0.2, 0.25) is 10.0 Å². The quantitative estimate of drug-likeness (QED) is 0.210. The molecule has 0 aliphatic rings. The molecule has 0 radical (unpaired) electrons. The van der Waals surface area contributed by atoms with Crippen molar-refractivity contribution in [1.82, 2.24) is 9.73 Å². The first-order valence-electron chi connectivity index (χ1n) is 11.6. The number of sulfonamides is 1. The molecule has 0 saturated carbocycles. The number of benzene rings is 3. The Kier molecular flexibility index (Phi) is 8.62. The van der Waals surface area contributed by atoms with Crippen LogP contribution in [0.1, 0.15) is 33.0 Å². The molecule has 8 nitrogen and oxygen atoms in total. The van der Waals surface area contributed by atoms with E-state index in [1.165, 1.54) is 10.5 Å². The van der Waals surface area contributed by atoms with Crippen molar-refractivity contribution in [2.75, 3.05) is 7.11 Å². The van der Waals surface area contributed by atoms with Gasteiger partial charge in [-0.1, -0.05) is 41.4 Å². The number of nitrogens with one attached hydrogen (secondary N) is 1. The fourth-order valence-corrected chi connectivity index (χ4v) is 5.08. The Morgan fingerprint density at radius 2 is 1.66 bits per heavy atom. The maximum atomic E-state index is 13.5. The Hall–Kier alpha value is -3.92. The smallest absolute Gasteiger partial charge is 0.271 e. The number of carbonyl (C=O) groups excluding carboxylic acids is 1. The Morgan fingerprint density at radius 3 is 2.32 bits per heavy atom. The number of furan rings is 1. The molecule has 0 atom stereocenters. The van der Waals surface area contributed by atoms with Crippen molar-refractivity contribution in [3.05, 3.63) is 118 Å². The van der Waals surface area contributed by atoms with E-state index in [4.69, 9.17) is 20.8 Å². The van der Waals surface area contributed by atoms with Crippen LogP contribution >= 0.6 is 11.6 Å². The van der Waals surface area contributed by atoms with Gasteiger partial charge in [-0.25, -0.2) is 13.8 Å². The van der Waals surface area contributed by atoms with E-state index in [-0.39, 0.29) is 18.0 Å². The predicted molar refractivity (Wildman–Crippen MR) is 146 cm³/mol. The van der Waals surface area contributed by atoms with Crippen molar-refractivity contribution < 1.29 is 22.4 Å². The molecular weight excluding hydrogens is 526 g/mol. The molecule has 0 aliphatic carbocycles. The molecular formula is C28H26ClN3O5S. The van der Waals surface area contributed by atoms with E-state index >= 15 is 0 Å². The molecule has 1 amide bonds. The van der Waals surface area contributed by atoms with Crippen molar-refractivity contribution in [1.29, 1.82) is 0 Å². The molecule has 4 rings (SSSR count). The third-order valence-electron chi connectivity index (χ3n) is 5.66. The molecule has 0 bridgehead atoms. The first-order chi connectivity index (χ1) is 18.2. The lowest BCUT2D eigenvalue weighted by atomic mass is 10.2. The molecule has 1 aromatic heterocycles. The maximum absolute atomic E-state index is 13.5. The van der Waals surface area contributed by atoms with E-state index in [2.05, 4.69) is 10.5 Å². The lowest BCUT2D eigenvalue weighted by molar-refractivity contribution is 0.0955. The van der Waals surface area contributed by atoms with Crippen LogP contribution < -0.4 is 10.2 Å². The van der Waals surface area contributed by atoms with Crippen LogP contribution in [0.15, 0.2) is 99.3 Å². The Bertz CT molecular complexity index is 1510. The summed E-state index contributed by atoms with van der Waals surface area (Å²) in [4.78, 5) is 12.5. The van der Waals surface area contributed by atoms with Crippen LogP contribution in [-0.2, 0) is 23.1 Å². The molecule has 1 N–H and O–H groups in total. The number of amides is 1. The number of rotatable bonds is 10. The van der Waals surface area contributed by atoms with Crippen molar-refractivity contribution in [2.24, 2.45) is 5.10 Å². The lowest BCUT2D eigenvalue weighted by Crippen LogP contribution is -2.30. The van der Waals surface area contributed by atoms with Crippen molar-refractivity contribution in [3.63, 3.8) is 0 Å². The average Bonchev–Trinajstić information content (AvgIpc) is 3.37. The van der Waals surface area contributed by atoms with Crippen LogP contribution in [0.25, 0.3) is 0 Å². The number of halogens is 1. The fraction of sp³-hybridized carbons (Fsp3) is 0.143. The average molecular weight is 552 g/mol. The number of aryl methyl sites for hydroxylation is 1. The monoisotopic (exact) mass is 551 g/mol. The van der Waals surface area contributed by atoms with Gasteiger partial charge in [0.25, 0.3) is 5.91 Å². The highest BCUT2D eigenvalue weighted by atomic mass is 35.5. The van der Waals surface area contributed by atoms with Crippen LogP contribution in [0.4, 0.5) is 0 Å². The largest absolute Gasteiger partial charge is 0.497 e. The molecule has 0 fully saturated rings. The summed E-state index contributed by atoms with van der Waals surface area (Å²) in [5.41, 5.74) is 4.59. The van der Waals surface area contributed by atoms with Crippen LogP contribution in [0.2, 0.25) is 5.02 Å². The van der Waals surface area contributed by atoms with Gasteiger partial charge in [0.15, 0.2) is 0 Å². The minimum absolute atomic E-state index is 0.00904. The number of hydrazone groups is 1. The van der Waals surface area contributed by atoms with Gasteiger partial charge in [-0.15, -0.1) is 0 Å². The summed E-state index contributed by atoms with van der Waals surface area (Å²) in [7, 11) is -2.29. The molecule has 38 heavy (non-hydrogen) atoms. The highest BCUT2D eigenvalue weighted by molar-refractivity contribution is 7.89. The van der Waals surface area contributed by atoms with Gasteiger partial charge < -0.3 is 9.15 Å². The van der Waals surface area contributed by atoms with Crippen LogP contribution in [0.3, 0.4) is 0 Å². The molecule has 196 valence electrons. The van der Waals surface area contributed by atoms with Gasteiger partial charge in [-0.2, -0.15) is 9.41 Å². The van der Waals surface area contributed by atoms with E-state index in [0.717, 1.165) is 11.1 Å². The minimum Gasteiger partial charge on any atom is -0.497 e. The molecule has 0 unspecified atom stereocenters. The van der Waals surface area contributed by atoms with Crippen LogP contribution in [0.5, 0.6) is 5.75 Å². The van der Waals surface area contributed by atoms with Crippen LogP contribution in [-0.4, -0.2) is 32.0 Å². The lowest BCUT2D eigenvalue weighted by Gasteiger charge is -2.21. The van der Waals surface area contributed by atoms with Gasteiger partial charge in [-0.05, 0) is 73.2 Å². The van der Waals surface area contributed by atoms with Gasteiger partial charge >= 0.3 is 0 Å². The van der Waals surface area contributed by atoms with Gasteiger partial charge in [0.05, 0.1) is 24.8 Å². The van der Waals surface area contributed by atoms with E-state index < -0.39 is 15.9 Å². The Morgan fingerprint density at radius 1 is 0.974 bits per heavy atom. The molecule has 0 saturated heterocycles. The summed E-state index contributed by atoms with van der Waals surface area (Å²) in [6, 6.07) is 23.6. The minimum atomic E-state index is -3.84. The molecule has 4 aromatic rings. The zero-order valence-corrected chi connectivity index (χ0v) is 22.4. The molecule has 0 aliphatic heterocycles. The maximum Gasteiger partial charge on any atom is 0.271 e.